The lowest BCUT2D eigenvalue weighted by atomic mass is 10.2. The number of nitrogen functional groups attached to an aromatic ring is 1. The molecule has 1 atom stereocenters. The van der Waals surface area contributed by atoms with Crippen LogP contribution in [-0.4, -0.2) is 34.3 Å². The van der Waals surface area contributed by atoms with Gasteiger partial charge in [0.2, 0.25) is 0 Å². The molecule has 3 N–H and O–H groups in total. The van der Waals surface area contributed by atoms with Gasteiger partial charge in [-0.05, 0) is 18.9 Å². The standard InChI is InChI=1S/C10H18N4S2/c1-4-7(6-15-2)12-9-5-8(11)13-10(14-9)16-3/h5,7H,4,6H2,1-3H3,(H3,11,12,13,14). The van der Waals surface area contributed by atoms with Crippen molar-refractivity contribution >= 4 is 35.2 Å². The van der Waals surface area contributed by atoms with Crippen molar-refractivity contribution in [1.29, 1.82) is 0 Å². The maximum absolute atomic E-state index is 5.72. The van der Waals surface area contributed by atoms with Gasteiger partial charge < -0.3 is 11.1 Å². The third kappa shape index (κ3) is 4.09. The van der Waals surface area contributed by atoms with Crippen molar-refractivity contribution in [2.45, 2.75) is 24.5 Å². The Labute approximate surface area is 105 Å². The third-order valence-corrected chi connectivity index (χ3v) is 3.40. The molecule has 0 aliphatic heterocycles. The Hall–Kier alpha value is -0.620. The number of thioether (sulfide) groups is 2. The molecule has 0 saturated carbocycles. The molecule has 1 unspecified atom stereocenters. The SMILES string of the molecule is CCC(CSC)Nc1cc(N)nc(SC)n1. The van der Waals surface area contributed by atoms with Crippen molar-refractivity contribution < 1.29 is 0 Å². The predicted octanol–water partition coefficient (Wildman–Crippen LogP) is 2.33. The van der Waals surface area contributed by atoms with E-state index in [1.54, 1.807) is 6.07 Å². The molecule has 1 rings (SSSR count). The van der Waals surface area contributed by atoms with Gasteiger partial charge >= 0.3 is 0 Å². The maximum Gasteiger partial charge on any atom is 0.191 e. The van der Waals surface area contributed by atoms with Crippen molar-refractivity contribution in [3.05, 3.63) is 6.07 Å². The lowest BCUT2D eigenvalue weighted by Crippen LogP contribution is -2.22. The third-order valence-electron chi connectivity index (χ3n) is 2.12. The first-order chi connectivity index (χ1) is 7.69. The lowest BCUT2D eigenvalue weighted by Gasteiger charge is -2.16. The highest BCUT2D eigenvalue weighted by molar-refractivity contribution is 7.98. The molecule has 0 bridgehead atoms. The van der Waals surface area contributed by atoms with Gasteiger partial charge in [0.15, 0.2) is 5.16 Å². The zero-order valence-corrected chi connectivity index (χ0v) is 11.5. The van der Waals surface area contributed by atoms with Crippen molar-refractivity contribution in [2.75, 3.05) is 29.3 Å². The Kier molecular flexibility index (Phi) is 5.76. The molecule has 0 aromatic carbocycles. The highest BCUT2D eigenvalue weighted by atomic mass is 32.2. The van der Waals surface area contributed by atoms with Crippen LogP contribution < -0.4 is 11.1 Å². The molecule has 16 heavy (non-hydrogen) atoms. The van der Waals surface area contributed by atoms with Gasteiger partial charge in [0.25, 0.3) is 0 Å². The van der Waals surface area contributed by atoms with Crippen LogP contribution in [0.3, 0.4) is 0 Å². The van der Waals surface area contributed by atoms with Crippen molar-refractivity contribution in [1.82, 2.24) is 9.97 Å². The Morgan fingerprint density at radius 1 is 1.44 bits per heavy atom. The largest absolute Gasteiger partial charge is 0.383 e. The molecule has 4 nitrogen and oxygen atoms in total. The van der Waals surface area contributed by atoms with Crippen LogP contribution in [0.5, 0.6) is 0 Å². The highest BCUT2D eigenvalue weighted by Crippen LogP contribution is 2.17. The summed E-state index contributed by atoms with van der Waals surface area (Å²) in [6.45, 7) is 2.16. The molecular formula is C10H18N4S2. The van der Waals surface area contributed by atoms with Crippen molar-refractivity contribution in [2.24, 2.45) is 0 Å². The fourth-order valence-electron chi connectivity index (χ4n) is 1.28. The Balaban J connectivity index is 2.74. The molecule has 0 saturated heterocycles. The second-order valence-corrected chi connectivity index (χ2v) is 5.05. The van der Waals surface area contributed by atoms with Crippen LogP contribution in [0.1, 0.15) is 13.3 Å². The fraction of sp³-hybridized carbons (Fsp3) is 0.600. The van der Waals surface area contributed by atoms with Gasteiger partial charge in [0, 0.05) is 17.9 Å². The molecule has 1 heterocycles. The first-order valence-corrected chi connectivity index (χ1v) is 7.75. The summed E-state index contributed by atoms with van der Waals surface area (Å²) >= 11 is 3.32. The number of nitrogens with two attached hydrogens (primary N) is 1. The van der Waals surface area contributed by atoms with E-state index in [4.69, 9.17) is 5.73 Å². The van der Waals surface area contributed by atoms with E-state index in [0.717, 1.165) is 18.0 Å². The van der Waals surface area contributed by atoms with E-state index < -0.39 is 0 Å². The van der Waals surface area contributed by atoms with Crippen LogP contribution in [0.15, 0.2) is 11.2 Å². The number of rotatable bonds is 6. The molecule has 0 amide bonds. The smallest absolute Gasteiger partial charge is 0.191 e. The number of aromatic nitrogens is 2. The van der Waals surface area contributed by atoms with Gasteiger partial charge in [-0.3, -0.25) is 0 Å². The minimum absolute atomic E-state index is 0.430. The van der Waals surface area contributed by atoms with Gasteiger partial charge in [-0.25, -0.2) is 9.97 Å². The predicted molar refractivity (Wildman–Crippen MR) is 74.3 cm³/mol. The van der Waals surface area contributed by atoms with E-state index in [1.807, 2.05) is 18.0 Å². The number of nitrogens with one attached hydrogen (secondary N) is 1. The molecule has 0 aliphatic rings. The number of hydrogen-bond donors (Lipinski definition) is 2. The molecule has 90 valence electrons. The molecule has 0 fully saturated rings. The summed E-state index contributed by atoms with van der Waals surface area (Å²) in [5.74, 6) is 2.40. The van der Waals surface area contributed by atoms with Crippen LogP contribution in [-0.2, 0) is 0 Å². The summed E-state index contributed by atoms with van der Waals surface area (Å²) in [6, 6.07) is 2.21. The highest BCUT2D eigenvalue weighted by Gasteiger charge is 2.07. The molecule has 1 aromatic rings. The first kappa shape index (κ1) is 13.4. The van der Waals surface area contributed by atoms with Gasteiger partial charge in [-0.1, -0.05) is 18.7 Å². The molecule has 0 radical (unpaired) electrons. The Bertz CT molecular complexity index is 333. The van der Waals surface area contributed by atoms with E-state index in [2.05, 4.69) is 28.5 Å². The summed E-state index contributed by atoms with van der Waals surface area (Å²) in [4.78, 5) is 8.49. The summed E-state index contributed by atoms with van der Waals surface area (Å²) in [5, 5.41) is 4.09. The van der Waals surface area contributed by atoms with Gasteiger partial charge in [-0.15, -0.1) is 0 Å². The van der Waals surface area contributed by atoms with Crippen LogP contribution >= 0.6 is 23.5 Å². The van der Waals surface area contributed by atoms with E-state index in [-0.39, 0.29) is 0 Å². The molecule has 0 spiro atoms. The summed E-state index contributed by atoms with van der Waals surface area (Å²) < 4.78 is 0. The quantitative estimate of drug-likeness (QED) is 0.603. The molecule has 6 heteroatoms. The summed E-state index contributed by atoms with van der Waals surface area (Å²) in [7, 11) is 0. The second-order valence-electron chi connectivity index (χ2n) is 3.37. The maximum atomic E-state index is 5.72. The van der Waals surface area contributed by atoms with Gasteiger partial charge in [0.05, 0.1) is 0 Å². The lowest BCUT2D eigenvalue weighted by molar-refractivity contribution is 0.765. The van der Waals surface area contributed by atoms with E-state index in [1.165, 1.54) is 11.8 Å². The summed E-state index contributed by atoms with van der Waals surface area (Å²) in [5.41, 5.74) is 5.72. The van der Waals surface area contributed by atoms with Crippen LogP contribution in [0, 0.1) is 0 Å². The second kappa shape index (κ2) is 6.85. The van der Waals surface area contributed by atoms with E-state index in [0.29, 0.717) is 17.0 Å². The number of nitrogens with zero attached hydrogens (tertiary/aromatic N) is 2. The van der Waals surface area contributed by atoms with E-state index in [9.17, 15) is 0 Å². The van der Waals surface area contributed by atoms with Gasteiger partial charge in [-0.2, -0.15) is 11.8 Å². The summed E-state index contributed by atoms with van der Waals surface area (Å²) in [6.07, 6.45) is 5.11. The number of hydrogen-bond acceptors (Lipinski definition) is 6. The Morgan fingerprint density at radius 2 is 2.19 bits per heavy atom. The fourth-order valence-corrected chi connectivity index (χ4v) is 2.39. The van der Waals surface area contributed by atoms with Crippen molar-refractivity contribution in [3.63, 3.8) is 0 Å². The monoisotopic (exact) mass is 258 g/mol. The normalized spacial score (nSPS) is 12.4. The van der Waals surface area contributed by atoms with Crippen LogP contribution in [0.25, 0.3) is 0 Å². The van der Waals surface area contributed by atoms with Gasteiger partial charge in [0.1, 0.15) is 11.6 Å². The topological polar surface area (TPSA) is 63.8 Å². The zero-order chi connectivity index (χ0) is 12.0. The minimum Gasteiger partial charge on any atom is -0.383 e. The number of anilines is 2. The molecule has 1 aromatic heterocycles. The van der Waals surface area contributed by atoms with Crippen LogP contribution in [0.4, 0.5) is 11.6 Å². The first-order valence-electron chi connectivity index (χ1n) is 5.13. The average molecular weight is 258 g/mol. The Morgan fingerprint density at radius 3 is 2.75 bits per heavy atom. The molecule has 0 aliphatic carbocycles. The average Bonchev–Trinajstić information content (AvgIpc) is 2.27. The molecular weight excluding hydrogens is 240 g/mol. The minimum atomic E-state index is 0.430. The zero-order valence-electron chi connectivity index (χ0n) is 9.86. The van der Waals surface area contributed by atoms with Crippen molar-refractivity contribution in [3.8, 4) is 0 Å². The van der Waals surface area contributed by atoms with E-state index >= 15 is 0 Å². The van der Waals surface area contributed by atoms with Crippen LogP contribution in [0.2, 0.25) is 0 Å².